The maximum absolute atomic E-state index is 9.94. The van der Waals surface area contributed by atoms with Gasteiger partial charge in [0.2, 0.25) is 0 Å². The van der Waals surface area contributed by atoms with Crippen molar-refractivity contribution in [3.05, 3.63) is 12.7 Å². The maximum atomic E-state index is 9.94. The summed E-state index contributed by atoms with van der Waals surface area (Å²) >= 11 is 0. The predicted octanol–water partition coefficient (Wildman–Crippen LogP) is 4.13. The van der Waals surface area contributed by atoms with Crippen molar-refractivity contribution < 1.29 is 24.8 Å². The normalized spacial score (nSPS) is 23.2. The average molecular weight is 401 g/mol. The molecular formula is C23H44O5. The predicted molar refractivity (Wildman–Crippen MR) is 113 cm³/mol. The fourth-order valence-electron chi connectivity index (χ4n) is 3.70. The highest BCUT2D eigenvalue weighted by molar-refractivity contribution is 4.87. The second-order valence-electron chi connectivity index (χ2n) is 8.17. The Bertz CT molecular complexity index is 363. The van der Waals surface area contributed by atoms with E-state index < -0.39 is 24.4 Å². The van der Waals surface area contributed by atoms with Crippen LogP contribution in [0.3, 0.4) is 0 Å². The number of unbranched alkanes of at least 4 members (excludes halogenated alkanes) is 13. The number of rotatable bonds is 19. The molecule has 1 rings (SSSR count). The highest BCUT2D eigenvalue weighted by Gasteiger charge is 2.39. The van der Waals surface area contributed by atoms with E-state index in [0.717, 1.165) is 12.8 Å². The van der Waals surface area contributed by atoms with Gasteiger partial charge in [-0.25, -0.2) is 0 Å². The molecule has 0 radical (unpaired) electrons. The summed E-state index contributed by atoms with van der Waals surface area (Å²) in [5, 5.41) is 29.0. The van der Waals surface area contributed by atoms with Crippen LogP contribution in [0.15, 0.2) is 12.7 Å². The van der Waals surface area contributed by atoms with Gasteiger partial charge in [-0.05, 0) is 19.3 Å². The molecule has 0 unspecified atom stereocenters. The van der Waals surface area contributed by atoms with E-state index in [1.807, 2.05) is 6.08 Å². The molecule has 0 bridgehead atoms. The van der Waals surface area contributed by atoms with Crippen molar-refractivity contribution in [1.82, 2.24) is 0 Å². The van der Waals surface area contributed by atoms with Crippen LogP contribution < -0.4 is 0 Å². The van der Waals surface area contributed by atoms with Crippen LogP contribution in [0.1, 0.15) is 89.9 Å². The number of aliphatic hydroxyl groups excluding tert-OH is 3. The Balaban J connectivity index is 1.76. The van der Waals surface area contributed by atoms with Gasteiger partial charge in [0.15, 0.2) is 0 Å². The molecule has 0 aromatic heterocycles. The third-order valence-corrected chi connectivity index (χ3v) is 5.56. The molecule has 1 saturated heterocycles. The van der Waals surface area contributed by atoms with Gasteiger partial charge in [-0.1, -0.05) is 76.7 Å². The molecule has 166 valence electrons. The molecule has 0 aromatic rings. The highest BCUT2D eigenvalue weighted by Crippen LogP contribution is 2.18. The van der Waals surface area contributed by atoms with Gasteiger partial charge in [-0.3, -0.25) is 0 Å². The lowest BCUT2D eigenvalue weighted by Crippen LogP contribution is -2.40. The van der Waals surface area contributed by atoms with Crippen LogP contribution in [-0.4, -0.2) is 59.6 Å². The van der Waals surface area contributed by atoms with Crippen molar-refractivity contribution >= 4 is 0 Å². The zero-order valence-corrected chi connectivity index (χ0v) is 17.8. The van der Waals surface area contributed by atoms with E-state index >= 15 is 0 Å². The third-order valence-electron chi connectivity index (χ3n) is 5.56. The van der Waals surface area contributed by atoms with Crippen LogP contribution in [-0.2, 0) is 9.47 Å². The smallest absolute Gasteiger partial charge is 0.114 e. The molecule has 5 nitrogen and oxygen atoms in total. The van der Waals surface area contributed by atoms with Gasteiger partial charge < -0.3 is 24.8 Å². The maximum Gasteiger partial charge on any atom is 0.114 e. The summed E-state index contributed by atoms with van der Waals surface area (Å²) in [4.78, 5) is 0. The first-order valence-corrected chi connectivity index (χ1v) is 11.5. The van der Waals surface area contributed by atoms with E-state index in [4.69, 9.17) is 9.47 Å². The van der Waals surface area contributed by atoms with E-state index in [1.54, 1.807) is 0 Å². The van der Waals surface area contributed by atoms with Crippen LogP contribution in [0, 0.1) is 0 Å². The minimum Gasteiger partial charge on any atom is -0.388 e. The number of hydrogen-bond donors (Lipinski definition) is 3. The largest absolute Gasteiger partial charge is 0.388 e. The Hall–Kier alpha value is -0.460. The molecule has 4 atom stereocenters. The third kappa shape index (κ3) is 12.2. The molecule has 3 N–H and O–H groups in total. The van der Waals surface area contributed by atoms with Crippen molar-refractivity contribution in [3.8, 4) is 0 Å². The minimum absolute atomic E-state index is 0.0684. The SMILES string of the molecule is C=CCCCCCCCCCCCCCCCOC[C@H](O)[C@H]1OC[C@@H](O)[C@H]1O. The van der Waals surface area contributed by atoms with Crippen LogP contribution in [0.2, 0.25) is 0 Å². The number of allylic oxidation sites excluding steroid dienone is 1. The quantitative estimate of drug-likeness (QED) is 0.224. The Morgan fingerprint density at radius 2 is 1.36 bits per heavy atom. The summed E-state index contributed by atoms with van der Waals surface area (Å²) in [6.45, 7) is 4.59. The van der Waals surface area contributed by atoms with Gasteiger partial charge in [0.1, 0.15) is 24.4 Å². The molecule has 1 fully saturated rings. The van der Waals surface area contributed by atoms with Crippen molar-refractivity contribution in [3.63, 3.8) is 0 Å². The van der Waals surface area contributed by atoms with Crippen LogP contribution in [0.5, 0.6) is 0 Å². The van der Waals surface area contributed by atoms with Gasteiger partial charge in [-0.15, -0.1) is 6.58 Å². The Labute approximate surface area is 172 Å². The summed E-state index contributed by atoms with van der Waals surface area (Å²) in [6, 6.07) is 0. The summed E-state index contributed by atoms with van der Waals surface area (Å²) in [5.74, 6) is 0. The number of ether oxygens (including phenoxy) is 2. The number of hydrogen-bond acceptors (Lipinski definition) is 5. The molecular weight excluding hydrogens is 356 g/mol. The fourth-order valence-corrected chi connectivity index (χ4v) is 3.70. The van der Waals surface area contributed by atoms with Gasteiger partial charge in [-0.2, -0.15) is 0 Å². The van der Waals surface area contributed by atoms with Gasteiger partial charge in [0, 0.05) is 6.61 Å². The second-order valence-corrected chi connectivity index (χ2v) is 8.17. The van der Waals surface area contributed by atoms with Gasteiger partial charge >= 0.3 is 0 Å². The van der Waals surface area contributed by atoms with E-state index in [0.29, 0.717) is 6.61 Å². The highest BCUT2D eigenvalue weighted by atomic mass is 16.5. The fraction of sp³-hybridized carbons (Fsp3) is 0.913. The van der Waals surface area contributed by atoms with Crippen LogP contribution >= 0.6 is 0 Å². The summed E-state index contributed by atoms with van der Waals surface area (Å²) < 4.78 is 10.7. The zero-order chi connectivity index (χ0) is 20.5. The second kappa shape index (κ2) is 17.4. The molecule has 0 aromatic carbocycles. The van der Waals surface area contributed by atoms with Crippen molar-refractivity contribution in [2.45, 2.75) is 114 Å². The first-order chi connectivity index (χ1) is 13.7. The molecule has 5 heteroatoms. The molecule has 1 aliphatic rings. The van der Waals surface area contributed by atoms with Crippen molar-refractivity contribution in [2.75, 3.05) is 19.8 Å². The van der Waals surface area contributed by atoms with Gasteiger partial charge in [0.25, 0.3) is 0 Å². The van der Waals surface area contributed by atoms with E-state index in [2.05, 4.69) is 6.58 Å². The first-order valence-electron chi connectivity index (χ1n) is 11.5. The molecule has 1 heterocycles. The van der Waals surface area contributed by atoms with Crippen LogP contribution in [0.4, 0.5) is 0 Å². The van der Waals surface area contributed by atoms with E-state index in [9.17, 15) is 15.3 Å². The average Bonchev–Trinajstić information content (AvgIpc) is 3.03. The molecule has 28 heavy (non-hydrogen) atoms. The zero-order valence-electron chi connectivity index (χ0n) is 17.8. The molecule has 0 amide bonds. The van der Waals surface area contributed by atoms with Crippen molar-refractivity contribution in [1.29, 1.82) is 0 Å². The Kier molecular flexibility index (Phi) is 15.9. The van der Waals surface area contributed by atoms with Crippen LogP contribution in [0.25, 0.3) is 0 Å². The van der Waals surface area contributed by atoms with Crippen molar-refractivity contribution in [2.24, 2.45) is 0 Å². The van der Waals surface area contributed by atoms with Gasteiger partial charge in [0.05, 0.1) is 13.2 Å². The lowest BCUT2D eigenvalue weighted by Gasteiger charge is -2.20. The number of aliphatic hydroxyl groups is 3. The minimum atomic E-state index is -1.03. The monoisotopic (exact) mass is 400 g/mol. The van der Waals surface area contributed by atoms with E-state index in [-0.39, 0.29) is 13.2 Å². The summed E-state index contributed by atoms with van der Waals surface area (Å²) in [6.07, 6.45) is 16.6. The summed E-state index contributed by atoms with van der Waals surface area (Å²) in [5.41, 5.74) is 0. The molecule has 0 spiro atoms. The molecule has 1 aliphatic heterocycles. The summed E-state index contributed by atoms with van der Waals surface area (Å²) in [7, 11) is 0. The molecule has 0 aliphatic carbocycles. The lowest BCUT2D eigenvalue weighted by molar-refractivity contribution is -0.0813. The van der Waals surface area contributed by atoms with E-state index in [1.165, 1.54) is 77.0 Å². The topological polar surface area (TPSA) is 79.2 Å². The molecule has 0 saturated carbocycles. The Morgan fingerprint density at radius 1 is 0.857 bits per heavy atom. The first kappa shape index (κ1) is 25.6. The lowest BCUT2D eigenvalue weighted by atomic mass is 10.0. The Morgan fingerprint density at radius 3 is 1.82 bits per heavy atom. The standard InChI is InChI=1S/C23H44O5/c1-2-3-4-5-6-7-8-9-10-11-12-13-14-15-16-17-27-18-21(25)23-22(26)20(24)19-28-23/h2,20-26H,1,3-19H2/t20-,21+,22-,23-/m1/s1.